The van der Waals surface area contributed by atoms with E-state index in [9.17, 15) is 0 Å². The second kappa shape index (κ2) is 7.41. The fourth-order valence-corrected chi connectivity index (χ4v) is 3.93. The molecule has 2 rings (SSSR count). The summed E-state index contributed by atoms with van der Waals surface area (Å²) in [7, 11) is 0. The third-order valence-corrected chi connectivity index (χ3v) is 5.39. The zero-order valence-corrected chi connectivity index (χ0v) is 12.1. The van der Waals surface area contributed by atoms with E-state index in [1.54, 1.807) is 0 Å². The predicted molar refractivity (Wildman–Crippen MR) is 79.1 cm³/mol. The van der Waals surface area contributed by atoms with Crippen LogP contribution in [-0.4, -0.2) is 30.6 Å². The summed E-state index contributed by atoms with van der Waals surface area (Å²) in [6, 6.07) is 5.22. The third kappa shape index (κ3) is 4.62. The Kier molecular flexibility index (Phi) is 5.85. The highest BCUT2D eigenvalue weighted by Crippen LogP contribution is 2.16. The molecule has 1 aromatic heterocycles. The summed E-state index contributed by atoms with van der Waals surface area (Å²) < 4.78 is 0. The lowest BCUT2D eigenvalue weighted by atomic mass is 10.2. The largest absolute Gasteiger partial charge is 0.312 e. The quantitative estimate of drug-likeness (QED) is 0.777. The van der Waals surface area contributed by atoms with Gasteiger partial charge in [0.05, 0.1) is 0 Å². The van der Waals surface area contributed by atoms with Crippen LogP contribution in [0.3, 0.4) is 0 Å². The maximum Gasteiger partial charge on any atom is 0.0299 e. The number of hydrogen-bond acceptors (Lipinski definition) is 4. The van der Waals surface area contributed by atoms with Crippen molar-refractivity contribution < 1.29 is 0 Å². The first-order valence-corrected chi connectivity index (χ1v) is 8.45. The van der Waals surface area contributed by atoms with Crippen LogP contribution in [0.5, 0.6) is 0 Å². The maximum absolute atomic E-state index is 3.57. The lowest BCUT2D eigenvalue weighted by Crippen LogP contribution is -2.39. The van der Waals surface area contributed by atoms with E-state index in [0.717, 1.165) is 25.6 Å². The molecule has 0 radical (unpaired) electrons. The topological polar surface area (TPSA) is 24.1 Å². The van der Waals surface area contributed by atoms with Crippen LogP contribution < -0.4 is 10.6 Å². The Balaban J connectivity index is 1.59. The molecule has 4 heteroatoms. The molecule has 1 aliphatic rings. The van der Waals surface area contributed by atoms with Crippen LogP contribution in [-0.2, 0) is 13.0 Å². The van der Waals surface area contributed by atoms with Crippen molar-refractivity contribution in [1.82, 2.24) is 10.6 Å². The Bertz CT molecular complexity index is 319. The van der Waals surface area contributed by atoms with Crippen LogP contribution in [0, 0.1) is 0 Å². The molecule has 0 spiro atoms. The second-order valence-corrected chi connectivity index (χ2v) is 6.82. The van der Waals surface area contributed by atoms with E-state index >= 15 is 0 Å². The van der Waals surface area contributed by atoms with Gasteiger partial charge in [0.25, 0.3) is 0 Å². The van der Waals surface area contributed by atoms with Crippen LogP contribution in [0.15, 0.2) is 12.1 Å². The second-order valence-electron chi connectivity index (χ2n) is 4.41. The van der Waals surface area contributed by atoms with Gasteiger partial charge in [-0.3, -0.25) is 0 Å². The molecule has 1 saturated heterocycles. The van der Waals surface area contributed by atoms with Crippen molar-refractivity contribution in [2.45, 2.75) is 32.4 Å². The fraction of sp³-hybridized carbons (Fsp3) is 0.692. The summed E-state index contributed by atoms with van der Waals surface area (Å²) in [6.45, 7) is 5.55. The van der Waals surface area contributed by atoms with Crippen molar-refractivity contribution in [1.29, 1.82) is 0 Å². The van der Waals surface area contributed by atoms with Crippen molar-refractivity contribution in [3.8, 4) is 0 Å². The molecule has 1 fully saturated rings. The van der Waals surface area contributed by atoms with Crippen LogP contribution in [0.1, 0.15) is 23.1 Å². The van der Waals surface area contributed by atoms with Gasteiger partial charge in [-0.05, 0) is 31.5 Å². The summed E-state index contributed by atoms with van der Waals surface area (Å²) in [5, 5.41) is 7.12. The lowest BCUT2D eigenvalue weighted by Gasteiger charge is -2.23. The molecule has 0 aliphatic carbocycles. The van der Waals surface area contributed by atoms with E-state index in [-0.39, 0.29) is 0 Å². The molecule has 2 nitrogen and oxygen atoms in total. The summed E-state index contributed by atoms with van der Waals surface area (Å²) in [5.74, 6) is 2.56. The van der Waals surface area contributed by atoms with E-state index in [0.29, 0.717) is 0 Å². The van der Waals surface area contributed by atoms with E-state index in [1.807, 2.05) is 11.3 Å². The zero-order valence-electron chi connectivity index (χ0n) is 10.5. The summed E-state index contributed by atoms with van der Waals surface area (Å²) in [6.07, 6.45) is 2.41. The first-order chi connectivity index (χ1) is 8.38. The van der Waals surface area contributed by atoms with Crippen LogP contribution >= 0.6 is 23.1 Å². The zero-order chi connectivity index (χ0) is 11.9. The molecular formula is C13H22N2S2. The first kappa shape index (κ1) is 13.4. The Labute approximate surface area is 113 Å². The van der Waals surface area contributed by atoms with Gasteiger partial charge in [0, 0.05) is 40.4 Å². The molecule has 96 valence electrons. The monoisotopic (exact) mass is 270 g/mol. The highest BCUT2D eigenvalue weighted by atomic mass is 32.2. The van der Waals surface area contributed by atoms with Crippen molar-refractivity contribution in [3.05, 3.63) is 21.9 Å². The van der Waals surface area contributed by atoms with Crippen LogP contribution in [0.4, 0.5) is 0 Å². The Morgan fingerprint density at radius 1 is 1.41 bits per heavy atom. The number of rotatable bonds is 6. The van der Waals surface area contributed by atoms with Crippen molar-refractivity contribution in [2.75, 3.05) is 24.6 Å². The summed E-state index contributed by atoms with van der Waals surface area (Å²) in [5.41, 5.74) is 0. The lowest BCUT2D eigenvalue weighted by molar-refractivity contribution is 0.504. The van der Waals surface area contributed by atoms with Gasteiger partial charge in [0.2, 0.25) is 0 Å². The van der Waals surface area contributed by atoms with Crippen molar-refractivity contribution in [3.63, 3.8) is 0 Å². The molecule has 1 aromatic rings. The first-order valence-electron chi connectivity index (χ1n) is 6.48. The third-order valence-electron chi connectivity index (χ3n) is 3.03. The van der Waals surface area contributed by atoms with Crippen LogP contribution in [0.25, 0.3) is 0 Å². The Morgan fingerprint density at radius 2 is 2.29 bits per heavy atom. The highest BCUT2D eigenvalue weighted by Gasteiger charge is 2.11. The Hall–Kier alpha value is -0.0300. The smallest absolute Gasteiger partial charge is 0.0299 e. The normalized spacial score (nSPS) is 20.6. The summed E-state index contributed by atoms with van der Waals surface area (Å²) >= 11 is 4.01. The maximum atomic E-state index is 3.57. The molecule has 2 heterocycles. The minimum Gasteiger partial charge on any atom is -0.312 e. The molecule has 1 atom stereocenters. The van der Waals surface area contributed by atoms with E-state index in [2.05, 4.69) is 41.5 Å². The number of hydrogen-bond donors (Lipinski definition) is 2. The average Bonchev–Trinajstić information content (AvgIpc) is 2.84. The van der Waals surface area contributed by atoms with Gasteiger partial charge in [-0.2, -0.15) is 11.8 Å². The molecular weight excluding hydrogens is 248 g/mol. The van der Waals surface area contributed by atoms with Crippen LogP contribution in [0.2, 0.25) is 0 Å². The molecule has 1 unspecified atom stereocenters. The van der Waals surface area contributed by atoms with Gasteiger partial charge < -0.3 is 10.6 Å². The van der Waals surface area contributed by atoms with Gasteiger partial charge in [-0.1, -0.05) is 6.92 Å². The molecule has 17 heavy (non-hydrogen) atoms. The average molecular weight is 270 g/mol. The van der Waals surface area contributed by atoms with Crippen molar-refractivity contribution >= 4 is 23.1 Å². The minimum atomic E-state index is 0.718. The van der Waals surface area contributed by atoms with Crippen molar-refractivity contribution in [2.24, 2.45) is 0 Å². The van der Waals surface area contributed by atoms with E-state index in [4.69, 9.17) is 0 Å². The molecule has 1 aliphatic heterocycles. The molecule has 0 amide bonds. The Morgan fingerprint density at radius 3 is 3.00 bits per heavy atom. The molecule has 2 N–H and O–H groups in total. The predicted octanol–water partition coefficient (Wildman–Crippen LogP) is 2.50. The van der Waals surface area contributed by atoms with Gasteiger partial charge in [-0.15, -0.1) is 11.3 Å². The van der Waals surface area contributed by atoms with Gasteiger partial charge >= 0.3 is 0 Å². The molecule has 0 bridgehead atoms. The van der Waals surface area contributed by atoms with Gasteiger partial charge in [0.15, 0.2) is 0 Å². The number of nitrogens with one attached hydrogen (secondary N) is 2. The molecule has 0 aromatic carbocycles. The minimum absolute atomic E-state index is 0.718. The SMILES string of the molecule is CCc1ccc(CNCCC2CSCCN2)s1. The van der Waals surface area contributed by atoms with E-state index < -0.39 is 0 Å². The number of aryl methyl sites for hydroxylation is 1. The molecule has 0 saturated carbocycles. The summed E-state index contributed by atoms with van der Waals surface area (Å²) in [4.78, 5) is 2.96. The number of thioether (sulfide) groups is 1. The van der Waals surface area contributed by atoms with E-state index in [1.165, 1.54) is 34.2 Å². The highest BCUT2D eigenvalue weighted by molar-refractivity contribution is 7.99. The van der Waals surface area contributed by atoms with Gasteiger partial charge in [0.1, 0.15) is 0 Å². The fourth-order valence-electron chi connectivity index (χ4n) is 2.00. The van der Waals surface area contributed by atoms with Gasteiger partial charge in [-0.25, -0.2) is 0 Å². The standard InChI is InChI=1S/C13H22N2S2/c1-2-12-3-4-13(17-12)9-14-6-5-11-10-16-8-7-15-11/h3-4,11,14-15H,2,5-10H2,1H3. The number of thiophene rings is 1.